The fourth-order valence-electron chi connectivity index (χ4n) is 2.20. The number of nitrogens with zero attached hydrogens (tertiary/aromatic N) is 2. The van der Waals surface area contributed by atoms with Gasteiger partial charge in [-0.25, -0.2) is 9.78 Å². The van der Waals surface area contributed by atoms with Crippen molar-refractivity contribution in [2.24, 2.45) is 0 Å². The highest BCUT2D eigenvalue weighted by atomic mass is 79.9. The maximum Gasteiger partial charge on any atom is 0.339 e. The molecule has 1 aromatic carbocycles. The van der Waals surface area contributed by atoms with E-state index in [1.54, 1.807) is 18.3 Å². The quantitative estimate of drug-likeness (QED) is 0.681. The summed E-state index contributed by atoms with van der Waals surface area (Å²) in [5.41, 5.74) is 1.15. The molecule has 0 saturated carbocycles. The number of aromatic nitrogens is 2. The molecular weight excluding hydrogens is 372 g/mol. The van der Waals surface area contributed by atoms with Crippen LogP contribution >= 0.6 is 15.9 Å². The van der Waals surface area contributed by atoms with E-state index in [4.69, 9.17) is 4.74 Å². The summed E-state index contributed by atoms with van der Waals surface area (Å²) < 4.78 is 5.44. The van der Waals surface area contributed by atoms with E-state index in [2.05, 4.69) is 50.4 Å². The smallest absolute Gasteiger partial charge is 0.339 e. The minimum Gasteiger partial charge on any atom is -0.465 e. The van der Waals surface area contributed by atoms with Crippen molar-refractivity contribution >= 4 is 39.4 Å². The summed E-state index contributed by atoms with van der Waals surface area (Å²) in [6.45, 7) is 4.27. The van der Waals surface area contributed by atoms with E-state index >= 15 is 0 Å². The Labute approximate surface area is 150 Å². The van der Waals surface area contributed by atoms with Crippen molar-refractivity contribution in [1.82, 2.24) is 9.97 Å². The van der Waals surface area contributed by atoms with Gasteiger partial charge in [0.05, 0.1) is 12.7 Å². The van der Waals surface area contributed by atoms with Crippen molar-refractivity contribution in [3.8, 4) is 0 Å². The molecule has 0 aliphatic heterocycles. The van der Waals surface area contributed by atoms with E-state index in [0.29, 0.717) is 27.7 Å². The fourth-order valence-corrected chi connectivity index (χ4v) is 2.61. The van der Waals surface area contributed by atoms with Gasteiger partial charge in [-0.2, -0.15) is 4.98 Å². The fraction of sp³-hybridized carbons (Fsp3) is 0.353. The number of hydrogen-bond donors (Lipinski definition) is 2. The number of carbonyl (C=O) groups is 1. The number of carbonyl (C=O) groups excluding carboxylic acids is 1. The Balaban J connectivity index is 2.18. The largest absolute Gasteiger partial charge is 0.465 e. The summed E-state index contributed by atoms with van der Waals surface area (Å²) in [6.07, 6.45) is 3.75. The van der Waals surface area contributed by atoms with Gasteiger partial charge in [-0.15, -0.1) is 0 Å². The van der Waals surface area contributed by atoms with E-state index in [9.17, 15) is 4.79 Å². The number of methoxy groups -OCH3 is 1. The van der Waals surface area contributed by atoms with Gasteiger partial charge in [0.15, 0.2) is 0 Å². The van der Waals surface area contributed by atoms with E-state index in [0.717, 1.165) is 18.7 Å². The van der Waals surface area contributed by atoms with Crippen LogP contribution in [0.25, 0.3) is 0 Å². The number of halogens is 1. The highest BCUT2D eigenvalue weighted by Crippen LogP contribution is 2.23. The molecule has 2 rings (SSSR count). The summed E-state index contributed by atoms with van der Waals surface area (Å²) in [5.74, 6) is 0.825. The van der Waals surface area contributed by atoms with Crippen molar-refractivity contribution in [2.75, 3.05) is 17.7 Å². The van der Waals surface area contributed by atoms with E-state index in [-0.39, 0.29) is 0 Å². The van der Waals surface area contributed by atoms with Gasteiger partial charge < -0.3 is 15.4 Å². The van der Waals surface area contributed by atoms with Crippen molar-refractivity contribution < 1.29 is 9.53 Å². The van der Waals surface area contributed by atoms with Gasteiger partial charge in [0.1, 0.15) is 5.82 Å². The zero-order chi connectivity index (χ0) is 17.5. The lowest BCUT2D eigenvalue weighted by molar-refractivity contribution is 0.0599. The number of benzene rings is 1. The molecule has 0 saturated heterocycles. The highest BCUT2D eigenvalue weighted by molar-refractivity contribution is 9.10. The van der Waals surface area contributed by atoms with Gasteiger partial charge in [0, 0.05) is 22.4 Å². The van der Waals surface area contributed by atoms with Crippen LogP contribution < -0.4 is 10.6 Å². The van der Waals surface area contributed by atoms with Crippen LogP contribution in [0.3, 0.4) is 0 Å². The predicted molar refractivity (Wildman–Crippen MR) is 98.8 cm³/mol. The molecular formula is C17H21BrN4O2. The summed E-state index contributed by atoms with van der Waals surface area (Å²) in [6, 6.07) is 7.53. The van der Waals surface area contributed by atoms with Crippen LogP contribution in [0, 0.1) is 0 Å². The topological polar surface area (TPSA) is 76.1 Å². The zero-order valence-corrected chi connectivity index (χ0v) is 15.6. The second kappa shape index (κ2) is 8.63. The molecule has 0 unspecified atom stereocenters. The highest BCUT2D eigenvalue weighted by Gasteiger charge is 2.12. The summed E-state index contributed by atoms with van der Waals surface area (Å²) >= 11 is 3.34. The molecule has 0 fully saturated rings. The van der Waals surface area contributed by atoms with E-state index < -0.39 is 5.97 Å². The molecule has 0 aliphatic carbocycles. The molecule has 0 atom stereocenters. The van der Waals surface area contributed by atoms with E-state index in [1.807, 2.05) is 12.1 Å². The minimum atomic E-state index is -0.407. The maximum absolute atomic E-state index is 11.8. The molecule has 6 nitrogen and oxygen atoms in total. The average molecular weight is 393 g/mol. The number of rotatable bonds is 7. The third kappa shape index (κ3) is 4.67. The predicted octanol–water partition coefficient (Wildman–Crippen LogP) is 4.37. The maximum atomic E-state index is 11.8. The average Bonchev–Trinajstić information content (AvgIpc) is 2.61. The first-order chi connectivity index (χ1) is 11.6. The molecule has 1 heterocycles. The zero-order valence-electron chi connectivity index (χ0n) is 14.0. The minimum absolute atomic E-state index is 0.381. The molecule has 0 aliphatic rings. The standard InChI is InChI=1S/C17H21BrN4O2/c1-4-11(5-2)20-15-8-9-19-17(22-15)21-12-6-7-14(18)13(10-12)16(23)24-3/h6-11H,4-5H2,1-3H3,(H2,19,20,21,22). The monoisotopic (exact) mass is 392 g/mol. The number of esters is 1. The Kier molecular flexibility index (Phi) is 6.54. The van der Waals surface area contributed by atoms with Crippen molar-refractivity contribution in [1.29, 1.82) is 0 Å². The Morgan fingerprint density at radius 1 is 1.29 bits per heavy atom. The molecule has 0 spiro atoms. The van der Waals surface area contributed by atoms with Gasteiger partial charge in [0.25, 0.3) is 0 Å². The summed E-state index contributed by atoms with van der Waals surface area (Å²) in [4.78, 5) is 20.4. The van der Waals surface area contributed by atoms with E-state index in [1.165, 1.54) is 7.11 Å². The molecule has 0 bridgehead atoms. The van der Waals surface area contributed by atoms with Crippen LogP contribution in [0.15, 0.2) is 34.9 Å². The summed E-state index contributed by atoms with van der Waals surface area (Å²) in [5, 5.41) is 6.49. The third-order valence-corrected chi connectivity index (χ3v) is 4.31. The number of hydrogen-bond acceptors (Lipinski definition) is 6. The Bertz CT molecular complexity index is 705. The first-order valence-electron chi connectivity index (χ1n) is 7.81. The second-order valence-corrected chi connectivity index (χ2v) is 6.09. The molecule has 0 radical (unpaired) electrons. The van der Waals surface area contributed by atoms with Crippen LogP contribution in [0.2, 0.25) is 0 Å². The van der Waals surface area contributed by atoms with Crippen LogP contribution in [-0.2, 0) is 4.74 Å². The van der Waals surface area contributed by atoms with Gasteiger partial charge in [-0.1, -0.05) is 13.8 Å². The Hall–Kier alpha value is -2.15. The van der Waals surface area contributed by atoms with Gasteiger partial charge in [-0.05, 0) is 53.0 Å². The van der Waals surface area contributed by atoms with Gasteiger partial charge in [0.2, 0.25) is 5.95 Å². The lowest BCUT2D eigenvalue weighted by Crippen LogP contribution is -2.18. The first-order valence-corrected chi connectivity index (χ1v) is 8.61. The Morgan fingerprint density at radius 2 is 2.04 bits per heavy atom. The van der Waals surface area contributed by atoms with Crippen molar-refractivity contribution in [3.05, 3.63) is 40.5 Å². The SMILES string of the molecule is CCC(CC)Nc1ccnc(Nc2ccc(Br)c(C(=O)OC)c2)n1. The number of ether oxygens (including phenoxy) is 1. The van der Waals surface area contributed by atoms with Crippen LogP contribution in [-0.4, -0.2) is 29.1 Å². The number of anilines is 3. The van der Waals surface area contributed by atoms with Crippen LogP contribution in [0.4, 0.5) is 17.5 Å². The van der Waals surface area contributed by atoms with Gasteiger partial charge >= 0.3 is 5.97 Å². The molecule has 0 amide bonds. The molecule has 1 aromatic heterocycles. The normalized spacial score (nSPS) is 10.5. The lowest BCUT2D eigenvalue weighted by Gasteiger charge is -2.16. The van der Waals surface area contributed by atoms with Crippen LogP contribution in [0.5, 0.6) is 0 Å². The molecule has 128 valence electrons. The molecule has 7 heteroatoms. The second-order valence-electron chi connectivity index (χ2n) is 5.23. The molecule has 24 heavy (non-hydrogen) atoms. The molecule has 2 N–H and O–H groups in total. The van der Waals surface area contributed by atoms with Crippen molar-refractivity contribution in [3.63, 3.8) is 0 Å². The lowest BCUT2D eigenvalue weighted by atomic mass is 10.2. The third-order valence-electron chi connectivity index (χ3n) is 3.62. The first kappa shape index (κ1) is 18.2. The van der Waals surface area contributed by atoms with Crippen LogP contribution in [0.1, 0.15) is 37.0 Å². The Morgan fingerprint density at radius 3 is 2.71 bits per heavy atom. The molecule has 2 aromatic rings. The number of nitrogens with one attached hydrogen (secondary N) is 2. The summed E-state index contributed by atoms with van der Waals surface area (Å²) in [7, 11) is 1.35. The van der Waals surface area contributed by atoms with Gasteiger partial charge in [-0.3, -0.25) is 0 Å². The van der Waals surface area contributed by atoms with Crippen molar-refractivity contribution in [2.45, 2.75) is 32.7 Å².